The van der Waals surface area contributed by atoms with E-state index in [2.05, 4.69) is 11.9 Å². The van der Waals surface area contributed by atoms with Gasteiger partial charge in [-0.3, -0.25) is 14.4 Å². The standard InChI is InChI=1S/C26H34ClN5O6S/c1-2-3-5-17-13-31(15-20-23(17)29-24(30-25(20)35)16-7-9-18(27)10-8-16)26(36)21-12-19(33)14-32(21)22(34)6-4-11-39(28,37)38/h7-10,17,19,21,33H,2-6,11-15H2,1H3,(H2,28,37,38)(H,29,30,35)/t17?,19-,21+/m1/s1. The molecule has 2 aliphatic heterocycles. The lowest BCUT2D eigenvalue weighted by molar-refractivity contribution is -0.144. The number of rotatable bonds is 9. The van der Waals surface area contributed by atoms with Crippen molar-refractivity contribution in [3.05, 3.63) is 50.9 Å². The molecule has 0 aliphatic carbocycles. The zero-order chi connectivity index (χ0) is 28.3. The molecular weight excluding hydrogens is 546 g/mol. The number of aliphatic hydroxyl groups excluding tert-OH is 1. The number of halogens is 1. The summed E-state index contributed by atoms with van der Waals surface area (Å²) in [6.45, 7) is 2.43. The second-order valence-electron chi connectivity index (χ2n) is 10.3. The van der Waals surface area contributed by atoms with Gasteiger partial charge in [-0.25, -0.2) is 18.5 Å². The number of carbonyl (C=O) groups excluding carboxylic acids is 2. The Balaban J connectivity index is 1.58. The van der Waals surface area contributed by atoms with Crippen LogP contribution in [0.2, 0.25) is 5.02 Å². The van der Waals surface area contributed by atoms with Crippen molar-refractivity contribution in [2.75, 3.05) is 18.8 Å². The number of nitrogens with zero attached hydrogens (tertiary/aromatic N) is 3. The predicted octanol–water partition coefficient (Wildman–Crippen LogP) is 1.74. The van der Waals surface area contributed by atoms with Crippen molar-refractivity contribution in [1.82, 2.24) is 19.8 Å². The zero-order valence-electron chi connectivity index (χ0n) is 21.8. The average molecular weight is 580 g/mol. The quantitative estimate of drug-likeness (QED) is 0.406. The van der Waals surface area contributed by atoms with E-state index in [1.54, 1.807) is 29.2 Å². The van der Waals surface area contributed by atoms with Gasteiger partial charge in [0.2, 0.25) is 21.8 Å². The van der Waals surface area contributed by atoms with E-state index < -0.39 is 28.1 Å². The van der Waals surface area contributed by atoms with Gasteiger partial charge in [0.25, 0.3) is 5.56 Å². The number of β-amino-alcohol motifs (C(OH)–C–C–N with tert-alkyl or cyclic N) is 1. The van der Waals surface area contributed by atoms with Crippen LogP contribution in [0, 0.1) is 0 Å². The molecule has 3 atom stereocenters. The molecule has 0 bridgehead atoms. The maximum absolute atomic E-state index is 13.7. The Morgan fingerprint density at radius 3 is 2.59 bits per heavy atom. The van der Waals surface area contributed by atoms with Gasteiger partial charge >= 0.3 is 0 Å². The Morgan fingerprint density at radius 1 is 1.21 bits per heavy atom. The largest absolute Gasteiger partial charge is 0.391 e. The third-order valence-electron chi connectivity index (χ3n) is 7.26. The van der Waals surface area contributed by atoms with Crippen LogP contribution in [0.25, 0.3) is 11.4 Å². The summed E-state index contributed by atoms with van der Waals surface area (Å²) in [7, 11) is -3.71. The Morgan fingerprint density at radius 2 is 1.92 bits per heavy atom. The van der Waals surface area contributed by atoms with Crippen LogP contribution in [0.4, 0.5) is 0 Å². The molecule has 3 heterocycles. The molecule has 4 N–H and O–H groups in total. The number of nitrogens with two attached hydrogens (primary N) is 1. The second kappa shape index (κ2) is 12.2. The van der Waals surface area contributed by atoms with Crippen molar-refractivity contribution < 1.29 is 23.1 Å². The average Bonchev–Trinajstić information content (AvgIpc) is 3.28. The number of likely N-dealkylation sites (tertiary alicyclic amines) is 1. The minimum absolute atomic E-state index is 0.0130. The maximum Gasteiger partial charge on any atom is 0.256 e. The summed E-state index contributed by atoms with van der Waals surface area (Å²) in [5.74, 6) is -0.841. The van der Waals surface area contributed by atoms with Crippen LogP contribution in [-0.2, 0) is 26.2 Å². The number of fused-ring (bicyclic) bond motifs is 1. The highest BCUT2D eigenvalue weighted by molar-refractivity contribution is 7.89. The number of benzene rings is 1. The van der Waals surface area contributed by atoms with Gasteiger partial charge in [-0.2, -0.15) is 0 Å². The number of aromatic amines is 1. The van der Waals surface area contributed by atoms with Gasteiger partial charge in [0.1, 0.15) is 11.9 Å². The molecule has 1 aromatic carbocycles. The van der Waals surface area contributed by atoms with E-state index in [0.717, 1.165) is 24.8 Å². The molecule has 0 saturated carbocycles. The molecule has 11 nitrogen and oxygen atoms in total. The van der Waals surface area contributed by atoms with Crippen molar-refractivity contribution in [2.24, 2.45) is 5.14 Å². The fourth-order valence-electron chi connectivity index (χ4n) is 5.31. The highest BCUT2D eigenvalue weighted by atomic mass is 35.5. The number of hydrogen-bond donors (Lipinski definition) is 3. The first-order chi connectivity index (χ1) is 18.5. The SMILES string of the molecule is CCCCC1CN(C(=O)[C@@H]2C[C@@H](O)CN2C(=O)CCCS(N)(=O)=O)Cc2c1nc(-c1ccc(Cl)cc1)[nH]c2=O. The normalized spacial score (nSPS) is 21.2. The topological polar surface area (TPSA) is 167 Å². The van der Waals surface area contributed by atoms with Gasteiger partial charge in [-0.05, 0) is 37.1 Å². The third-order valence-corrected chi connectivity index (χ3v) is 8.37. The van der Waals surface area contributed by atoms with Crippen LogP contribution in [0.3, 0.4) is 0 Å². The number of H-pyrrole nitrogens is 1. The summed E-state index contributed by atoms with van der Waals surface area (Å²) >= 11 is 6.01. The first-order valence-corrected chi connectivity index (χ1v) is 15.2. The number of primary sulfonamides is 1. The Kier molecular flexibility index (Phi) is 9.10. The Labute approximate surface area is 232 Å². The summed E-state index contributed by atoms with van der Waals surface area (Å²) < 4.78 is 22.5. The van der Waals surface area contributed by atoms with Gasteiger partial charge < -0.3 is 19.9 Å². The van der Waals surface area contributed by atoms with E-state index in [-0.39, 0.29) is 55.5 Å². The molecule has 2 amide bonds. The molecule has 39 heavy (non-hydrogen) atoms. The summed E-state index contributed by atoms with van der Waals surface area (Å²) in [6.07, 6.45) is 1.67. The van der Waals surface area contributed by atoms with Crippen molar-refractivity contribution in [2.45, 2.75) is 70.1 Å². The zero-order valence-corrected chi connectivity index (χ0v) is 23.4. The Hall–Kier alpha value is -2.80. The lowest BCUT2D eigenvalue weighted by atomic mass is 9.90. The van der Waals surface area contributed by atoms with Crippen LogP contribution in [0.1, 0.15) is 62.6 Å². The molecule has 0 spiro atoms. The lowest BCUT2D eigenvalue weighted by Gasteiger charge is -2.36. The minimum atomic E-state index is -3.71. The highest BCUT2D eigenvalue weighted by Crippen LogP contribution is 2.32. The van der Waals surface area contributed by atoms with Crippen molar-refractivity contribution >= 4 is 33.4 Å². The van der Waals surface area contributed by atoms with Gasteiger partial charge in [0, 0.05) is 42.4 Å². The van der Waals surface area contributed by atoms with Crippen molar-refractivity contribution in [3.63, 3.8) is 0 Å². The van der Waals surface area contributed by atoms with Crippen molar-refractivity contribution in [1.29, 1.82) is 0 Å². The fourth-order valence-corrected chi connectivity index (χ4v) is 5.98. The van der Waals surface area contributed by atoms with Crippen LogP contribution < -0.4 is 10.7 Å². The molecule has 1 unspecified atom stereocenters. The van der Waals surface area contributed by atoms with Gasteiger partial charge in [-0.1, -0.05) is 31.4 Å². The molecule has 1 aromatic heterocycles. The molecule has 2 aliphatic rings. The van der Waals surface area contributed by atoms with Gasteiger partial charge in [0.05, 0.1) is 29.7 Å². The highest BCUT2D eigenvalue weighted by Gasteiger charge is 2.42. The molecule has 2 aromatic rings. The molecule has 1 fully saturated rings. The third kappa shape index (κ3) is 7.05. The number of sulfonamides is 1. The maximum atomic E-state index is 13.7. The molecule has 0 radical (unpaired) electrons. The summed E-state index contributed by atoms with van der Waals surface area (Å²) in [4.78, 5) is 50.3. The van der Waals surface area contributed by atoms with E-state index in [1.165, 1.54) is 4.90 Å². The summed E-state index contributed by atoms with van der Waals surface area (Å²) in [5.41, 5.74) is 1.48. The second-order valence-corrected chi connectivity index (χ2v) is 12.4. The molecule has 13 heteroatoms. The molecule has 4 rings (SSSR count). The van der Waals surface area contributed by atoms with Crippen LogP contribution in [-0.4, -0.2) is 76.1 Å². The number of carbonyl (C=O) groups is 2. The van der Waals surface area contributed by atoms with Gasteiger partial charge in [-0.15, -0.1) is 0 Å². The lowest BCUT2D eigenvalue weighted by Crippen LogP contribution is -2.50. The first-order valence-electron chi connectivity index (χ1n) is 13.1. The number of unbranched alkanes of at least 4 members (excludes halogenated alkanes) is 1. The number of aromatic nitrogens is 2. The Bertz CT molecular complexity index is 1380. The van der Waals surface area contributed by atoms with Crippen LogP contribution >= 0.6 is 11.6 Å². The fraction of sp³-hybridized carbons (Fsp3) is 0.538. The molecule has 212 valence electrons. The van der Waals surface area contributed by atoms with E-state index in [1.807, 2.05) is 0 Å². The predicted molar refractivity (Wildman–Crippen MR) is 146 cm³/mol. The summed E-state index contributed by atoms with van der Waals surface area (Å²) in [5, 5.41) is 15.9. The molecule has 1 saturated heterocycles. The van der Waals surface area contributed by atoms with Crippen LogP contribution in [0.5, 0.6) is 0 Å². The van der Waals surface area contributed by atoms with E-state index in [4.69, 9.17) is 21.7 Å². The smallest absolute Gasteiger partial charge is 0.256 e. The van der Waals surface area contributed by atoms with E-state index >= 15 is 0 Å². The monoisotopic (exact) mass is 579 g/mol. The van der Waals surface area contributed by atoms with E-state index in [0.29, 0.717) is 28.6 Å². The van der Waals surface area contributed by atoms with E-state index in [9.17, 15) is 27.9 Å². The summed E-state index contributed by atoms with van der Waals surface area (Å²) in [6, 6.07) is 6.13. The number of amides is 2. The first kappa shape index (κ1) is 29.2. The molecular formula is C26H34ClN5O6S. The number of hydrogen-bond acceptors (Lipinski definition) is 7. The number of nitrogens with one attached hydrogen (secondary N) is 1. The number of aliphatic hydroxyl groups is 1. The minimum Gasteiger partial charge on any atom is -0.391 e. The van der Waals surface area contributed by atoms with Gasteiger partial charge in [0.15, 0.2) is 0 Å². The van der Waals surface area contributed by atoms with Crippen LogP contribution in [0.15, 0.2) is 29.1 Å². The van der Waals surface area contributed by atoms with Crippen molar-refractivity contribution in [3.8, 4) is 11.4 Å².